The normalized spacial score (nSPS) is 13.7. The number of ether oxygens (including phenoxy) is 1. The van der Waals surface area contributed by atoms with Crippen molar-refractivity contribution in [2.75, 3.05) is 13.7 Å². The van der Waals surface area contributed by atoms with E-state index in [1.54, 1.807) is 5.32 Å². The molecule has 0 aliphatic rings. The van der Waals surface area contributed by atoms with Gasteiger partial charge in [-0.05, 0) is 12.8 Å². The number of amides is 3. The number of methoxy groups -OCH3 is 1. The molecule has 3 N–H and O–H groups in total. The van der Waals surface area contributed by atoms with Crippen LogP contribution in [0.15, 0.2) is 0 Å². The highest BCUT2D eigenvalue weighted by Crippen LogP contribution is 2.15. The molecule has 0 fully saturated rings. The van der Waals surface area contributed by atoms with Crippen LogP contribution in [0, 0.1) is 5.92 Å². The summed E-state index contributed by atoms with van der Waals surface area (Å²) in [7, 11) is 1.13. The Morgan fingerprint density at radius 1 is 1.04 bits per heavy atom. The molecule has 0 aromatic rings. The SMILES string of the molecule is COC(=O)[C@H](C)NC(=O)CNC(=O)[C@@H](NC(=O)C(F)(F)F)C(C)C. The molecule has 0 aliphatic carbocycles. The number of carbonyl (C=O) groups excluding carboxylic acids is 4. The Hall–Kier alpha value is -2.33. The fourth-order valence-corrected chi connectivity index (χ4v) is 1.56. The molecular formula is C13H20F3N3O5. The van der Waals surface area contributed by atoms with Crippen molar-refractivity contribution in [3.05, 3.63) is 0 Å². The van der Waals surface area contributed by atoms with Gasteiger partial charge in [0.05, 0.1) is 13.7 Å². The standard InChI is InChI=1S/C13H20F3N3O5/c1-6(2)9(19-12(23)13(14,15)16)10(21)17-5-8(20)18-7(3)11(22)24-4/h6-7,9H,5H2,1-4H3,(H,17,21)(H,18,20)(H,19,23)/t7-,9-/m0/s1. The predicted molar refractivity (Wildman–Crippen MR) is 75.5 cm³/mol. The minimum atomic E-state index is -5.12. The molecule has 0 heterocycles. The predicted octanol–water partition coefficient (Wildman–Crippen LogP) is -0.517. The van der Waals surface area contributed by atoms with Crippen molar-refractivity contribution in [1.82, 2.24) is 16.0 Å². The van der Waals surface area contributed by atoms with Crippen LogP contribution in [0.4, 0.5) is 13.2 Å². The lowest BCUT2D eigenvalue weighted by molar-refractivity contribution is -0.175. The molecule has 8 nitrogen and oxygen atoms in total. The van der Waals surface area contributed by atoms with Crippen LogP contribution in [0.3, 0.4) is 0 Å². The first-order chi connectivity index (χ1) is 10.9. The second-order valence-corrected chi connectivity index (χ2v) is 5.22. The molecular weight excluding hydrogens is 335 g/mol. The summed E-state index contributed by atoms with van der Waals surface area (Å²) in [6, 6.07) is -2.42. The number of carbonyl (C=O) groups is 4. The minimum absolute atomic E-state index is 0.578. The summed E-state index contributed by atoms with van der Waals surface area (Å²) in [5, 5.41) is 5.89. The zero-order valence-electron chi connectivity index (χ0n) is 13.6. The van der Waals surface area contributed by atoms with Gasteiger partial charge in [0.2, 0.25) is 11.8 Å². The van der Waals surface area contributed by atoms with E-state index in [0.29, 0.717) is 0 Å². The fourth-order valence-electron chi connectivity index (χ4n) is 1.56. The zero-order valence-corrected chi connectivity index (χ0v) is 13.6. The molecule has 0 aromatic carbocycles. The molecule has 3 amide bonds. The average Bonchev–Trinajstić information content (AvgIpc) is 2.47. The van der Waals surface area contributed by atoms with E-state index in [-0.39, 0.29) is 0 Å². The van der Waals surface area contributed by atoms with Crippen molar-refractivity contribution < 1.29 is 37.1 Å². The number of alkyl halides is 3. The topological polar surface area (TPSA) is 114 Å². The molecule has 0 aliphatic heterocycles. The monoisotopic (exact) mass is 355 g/mol. The fraction of sp³-hybridized carbons (Fsp3) is 0.692. The maximum atomic E-state index is 12.3. The highest BCUT2D eigenvalue weighted by molar-refractivity contribution is 5.92. The van der Waals surface area contributed by atoms with Gasteiger partial charge in [0.15, 0.2) is 0 Å². The molecule has 138 valence electrons. The smallest absolute Gasteiger partial charge is 0.467 e. The Bertz CT molecular complexity index is 494. The lowest BCUT2D eigenvalue weighted by Crippen LogP contribution is -2.54. The first-order valence-corrected chi connectivity index (χ1v) is 6.92. The van der Waals surface area contributed by atoms with Gasteiger partial charge in [-0.2, -0.15) is 13.2 Å². The number of halogens is 3. The van der Waals surface area contributed by atoms with Gasteiger partial charge in [-0.3, -0.25) is 14.4 Å². The van der Waals surface area contributed by atoms with E-state index in [4.69, 9.17) is 0 Å². The molecule has 11 heteroatoms. The van der Waals surface area contributed by atoms with E-state index in [1.165, 1.54) is 20.8 Å². The van der Waals surface area contributed by atoms with Crippen molar-refractivity contribution in [2.24, 2.45) is 5.92 Å². The Balaban J connectivity index is 4.62. The molecule has 2 atom stereocenters. The zero-order chi connectivity index (χ0) is 19.1. The summed E-state index contributed by atoms with van der Waals surface area (Å²) in [4.78, 5) is 45.5. The second-order valence-electron chi connectivity index (χ2n) is 5.22. The van der Waals surface area contributed by atoms with Crippen molar-refractivity contribution in [2.45, 2.75) is 39.0 Å². The van der Waals surface area contributed by atoms with Gasteiger partial charge < -0.3 is 20.7 Å². The van der Waals surface area contributed by atoms with E-state index in [2.05, 4.69) is 15.4 Å². The van der Waals surface area contributed by atoms with Crippen molar-refractivity contribution in [3.63, 3.8) is 0 Å². The van der Waals surface area contributed by atoms with Crippen LogP contribution in [0.2, 0.25) is 0 Å². The van der Waals surface area contributed by atoms with Crippen LogP contribution >= 0.6 is 0 Å². The minimum Gasteiger partial charge on any atom is -0.467 e. The van der Waals surface area contributed by atoms with Crippen LogP contribution < -0.4 is 16.0 Å². The van der Waals surface area contributed by atoms with Crippen LogP contribution in [-0.2, 0) is 23.9 Å². The Labute approximate surface area is 136 Å². The third kappa shape index (κ3) is 7.29. The van der Waals surface area contributed by atoms with Crippen molar-refractivity contribution in [1.29, 1.82) is 0 Å². The quantitative estimate of drug-likeness (QED) is 0.532. The summed E-state index contributed by atoms with van der Waals surface area (Å²) in [6.45, 7) is 3.64. The van der Waals surface area contributed by atoms with Gasteiger partial charge in [0.1, 0.15) is 12.1 Å². The molecule has 0 radical (unpaired) electrons. The van der Waals surface area contributed by atoms with Crippen molar-refractivity contribution in [3.8, 4) is 0 Å². The second kappa shape index (κ2) is 9.08. The third-order valence-corrected chi connectivity index (χ3v) is 2.85. The Morgan fingerprint density at radius 3 is 2.00 bits per heavy atom. The lowest BCUT2D eigenvalue weighted by Gasteiger charge is -2.22. The number of nitrogens with one attached hydrogen (secondary N) is 3. The highest BCUT2D eigenvalue weighted by atomic mass is 19.4. The maximum absolute atomic E-state index is 12.3. The number of rotatable bonds is 7. The lowest BCUT2D eigenvalue weighted by atomic mass is 10.0. The van der Waals surface area contributed by atoms with E-state index >= 15 is 0 Å². The Morgan fingerprint density at radius 2 is 1.58 bits per heavy atom. The van der Waals surface area contributed by atoms with Crippen LogP contribution in [0.5, 0.6) is 0 Å². The van der Waals surface area contributed by atoms with Gasteiger partial charge in [0, 0.05) is 0 Å². The van der Waals surface area contributed by atoms with Crippen LogP contribution in [0.1, 0.15) is 20.8 Å². The first kappa shape index (κ1) is 21.7. The molecule has 0 bridgehead atoms. The van der Waals surface area contributed by atoms with Gasteiger partial charge in [-0.25, -0.2) is 4.79 Å². The maximum Gasteiger partial charge on any atom is 0.471 e. The molecule has 24 heavy (non-hydrogen) atoms. The third-order valence-electron chi connectivity index (χ3n) is 2.85. The van der Waals surface area contributed by atoms with Gasteiger partial charge in [0.25, 0.3) is 0 Å². The largest absolute Gasteiger partial charge is 0.471 e. The number of hydrogen-bond donors (Lipinski definition) is 3. The summed E-state index contributed by atoms with van der Waals surface area (Å²) in [5.41, 5.74) is 0. The summed E-state index contributed by atoms with van der Waals surface area (Å²) >= 11 is 0. The van der Waals surface area contributed by atoms with Gasteiger partial charge >= 0.3 is 18.1 Å². The highest BCUT2D eigenvalue weighted by Gasteiger charge is 2.41. The first-order valence-electron chi connectivity index (χ1n) is 6.92. The van der Waals surface area contributed by atoms with E-state index < -0.39 is 54.4 Å². The molecule has 0 spiro atoms. The van der Waals surface area contributed by atoms with Crippen LogP contribution in [-0.4, -0.2) is 55.6 Å². The summed E-state index contributed by atoms with van der Waals surface area (Å²) in [6.07, 6.45) is -5.12. The van der Waals surface area contributed by atoms with Gasteiger partial charge in [-0.15, -0.1) is 0 Å². The van der Waals surface area contributed by atoms with E-state index in [0.717, 1.165) is 7.11 Å². The van der Waals surface area contributed by atoms with E-state index in [1.807, 2.05) is 0 Å². The molecule has 0 saturated heterocycles. The van der Waals surface area contributed by atoms with E-state index in [9.17, 15) is 32.3 Å². The van der Waals surface area contributed by atoms with Crippen molar-refractivity contribution >= 4 is 23.7 Å². The van der Waals surface area contributed by atoms with Gasteiger partial charge in [-0.1, -0.05) is 13.8 Å². The Kier molecular flexibility index (Phi) is 8.20. The molecule has 0 rings (SSSR count). The van der Waals surface area contributed by atoms with Crippen LogP contribution in [0.25, 0.3) is 0 Å². The summed E-state index contributed by atoms with van der Waals surface area (Å²) < 4.78 is 41.1. The summed E-state index contributed by atoms with van der Waals surface area (Å²) in [5.74, 6) is -5.30. The molecule has 0 unspecified atom stereocenters. The molecule has 0 saturated carbocycles. The number of hydrogen-bond acceptors (Lipinski definition) is 5. The average molecular weight is 355 g/mol. The number of esters is 1. The molecule has 0 aromatic heterocycles.